The van der Waals surface area contributed by atoms with Gasteiger partial charge in [0.15, 0.2) is 0 Å². The highest BCUT2D eigenvalue weighted by Gasteiger charge is 2.26. The van der Waals surface area contributed by atoms with Gasteiger partial charge in [-0.25, -0.2) is 4.39 Å². The van der Waals surface area contributed by atoms with Crippen molar-refractivity contribution in [1.29, 1.82) is 0 Å². The van der Waals surface area contributed by atoms with Gasteiger partial charge in [0.25, 0.3) is 5.91 Å². The summed E-state index contributed by atoms with van der Waals surface area (Å²) >= 11 is 0. The Morgan fingerprint density at radius 3 is 2.53 bits per heavy atom. The summed E-state index contributed by atoms with van der Waals surface area (Å²) in [6, 6.07) is 7.60. The summed E-state index contributed by atoms with van der Waals surface area (Å²) in [7, 11) is 3.71. The molecular formula is C26H35FN4O3. The Bertz CT molecular complexity index is 947. The van der Waals surface area contributed by atoms with E-state index >= 15 is 0 Å². The van der Waals surface area contributed by atoms with Gasteiger partial charge in [0.2, 0.25) is 6.41 Å². The van der Waals surface area contributed by atoms with Gasteiger partial charge in [0.1, 0.15) is 11.6 Å². The van der Waals surface area contributed by atoms with E-state index in [1.165, 1.54) is 22.1 Å². The summed E-state index contributed by atoms with van der Waals surface area (Å²) in [4.78, 5) is 30.1. The van der Waals surface area contributed by atoms with Crippen molar-refractivity contribution in [2.24, 2.45) is 5.92 Å². The Balaban J connectivity index is 1.72. The number of benzene rings is 1. The second-order valence-corrected chi connectivity index (χ2v) is 9.37. The molecule has 2 aliphatic heterocycles. The molecule has 8 heteroatoms. The molecule has 0 unspecified atom stereocenters. The number of carbonyl (C=O) groups is 2. The van der Waals surface area contributed by atoms with Crippen molar-refractivity contribution < 1.29 is 18.7 Å². The molecule has 0 spiro atoms. The molecule has 1 saturated heterocycles. The minimum absolute atomic E-state index is 0.0451. The topological polar surface area (TPSA) is 65.1 Å². The number of nitrogens with one attached hydrogen (secondary N) is 1. The largest absolute Gasteiger partial charge is 0.493 e. The van der Waals surface area contributed by atoms with E-state index in [0.717, 1.165) is 37.2 Å². The van der Waals surface area contributed by atoms with Gasteiger partial charge >= 0.3 is 0 Å². The molecule has 0 aliphatic carbocycles. The first-order valence-corrected chi connectivity index (χ1v) is 11.7. The van der Waals surface area contributed by atoms with Crippen LogP contribution in [-0.2, 0) is 16.1 Å². The van der Waals surface area contributed by atoms with E-state index in [1.807, 2.05) is 24.3 Å². The third-order valence-corrected chi connectivity index (χ3v) is 5.85. The monoisotopic (exact) mass is 470 g/mol. The number of halogens is 1. The number of allylic oxidation sites excluding steroid dienone is 2. The first-order chi connectivity index (χ1) is 16.2. The van der Waals surface area contributed by atoms with Gasteiger partial charge < -0.3 is 24.8 Å². The number of likely N-dealkylation sites (tertiary alicyclic amines) is 1. The molecule has 0 radical (unpaired) electrons. The highest BCUT2D eigenvalue weighted by Crippen LogP contribution is 2.25. The van der Waals surface area contributed by atoms with E-state index in [1.54, 1.807) is 13.2 Å². The highest BCUT2D eigenvalue weighted by atomic mass is 19.1. The predicted octanol–water partition coefficient (Wildman–Crippen LogP) is 3.41. The molecule has 0 bridgehead atoms. The Morgan fingerprint density at radius 2 is 1.91 bits per heavy atom. The maximum Gasteiger partial charge on any atom is 0.253 e. The second-order valence-electron chi connectivity index (χ2n) is 9.37. The standard InChI is InChI=1S/C26H35FN4O3/c1-19(2)17-34-23-7-5-20(6-8-23)14-31(18-32)16-25-24(13-21(27)15-30(25)4)26(33)28-22-9-11-29(3)12-10-22/h5-8,13,15-16,18-19,22H,9-12,14,17H2,1-4H3,(H,28,33)/b25-16-. The molecule has 34 heavy (non-hydrogen) atoms. The summed E-state index contributed by atoms with van der Waals surface area (Å²) in [5.41, 5.74) is 1.56. The molecule has 184 valence electrons. The maximum absolute atomic E-state index is 14.2. The summed E-state index contributed by atoms with van der Waals surface area (Å²) in [5, 5.41) is 3.03. The molecule has 7 nitrogen and oxygen atoms in total. The van der Waals surface area contributed by atoms with Crippen molar-refractivity contribution in [3.05, 3.63) is 65.4 Å². The summed E-state index contributed by atoms with van der Waals surface area (Å²) in [6.07, 6.45) is 6.49. The van der Waals surface area contributed by atoms with Crippen molar-refractivity contribution in [3.8, 4) is 5.75 Å². The van der Waals surface area contributed by atoms with Crippen LogP contribution in [0.2, 0.25) is 0 Å². The number of piperidine rings is 1. The van der Waals surface area contributed by atoms with Crippen molar-refractivity contribution in [1.82, 2.24) is 20.0 Å². The molecule has 0 aromatic heterocycles. The van der Waals surface area contributed by atoms with Crippen LogP contribution in [-0.4, -0.2) is 66.9 Å². The number of carbonyl (C=O) groups excluding carboxylic acids is 2. The van der Waals surface area contributed by atoms with Crippen molar-refractivity contribution in [3.63, 3.8) is 0 Å². The first kappa shape index (κ1) is 25.5. The van der Waals surface area contributed by atoms with E-state index in [4.69, 9.17) is 4.74 Å². The van der Waals surface area contributed by atoms with Crippen molar-refractivity contribution in [2.45, 2.75) is 39.3 Å². The van der Waals surface area contributed by atoms with Gasteiger partial charge in [-0.3, -0.25) is 9.59 Å². The van der Waals surface area contributed by atoms with Crippen LogP contribution >= 0.6 is 0 Å². The lowest BCUT2D eigenvalue weighted by molar-refractivity contribution is -0.119. The molecule has 3 rings (SSSR count). The first-order valence-electron chi connectivity index (χ1n) is 11.7. The Labute approximate surface area is 201 Å². The molecule has 1 aromatic rings. The Morgan fingerprint density at radius 1 is 1.24 bits per heavy atom. The molecule has 1 N–H and O–H groups in total. The second kappa shape index (κ2) is 11.8. The van der Waals surface area contributed by atoms with Gasteiger partial charge in [0, 0.05) is 25.5 Å². The van der Waals surface area contributed by atoms with Crippen LogP contribution in [0, 0.1) is 5.92 Å². The fourth-order valence-electron chi connectivity index (χ4n) is 3.89. The summed E-state index contributed by atoms with van der Waals surface area (Å²) in [5.74, 6) is 0.357. The Kier molecular flexibility index (Phi) is 8.87. The number of nitrogens with zero attached hydrogens (tertiary/aromatic N) is 3. The number of rotatable bonds is 9. The van der Waals surface area contributed by atoms with Gasteiger partial charge in [-0.05, 0) is 62.7 Å². The van der Waals surface area contributed by atoms with Crippen LogP contribution < -0.4 is 10.1 Å². The molecular weight excluding hydrogens is 435 g/mol. The van der Waals surface area contributed by atoms with Crippen LogP contribution in [0.25, 0.3) is 0 Å². The van der Waals surface area contributed by atoms with E-state index in [0.29, 0.717) is 31.2 Å². The third-order valence-electron chi connectivity index (χ3n) is 5.85. The predicted molar refractivity (Wildman–Crippen MR) is 130 cm³/mol. The van der Waals surface area contributed by atoms with Crippen LogP contribution in [0.4, 0.5) is 4.39 Å². The van der Waals surface area contributed by atoms with Crippen LogP contribution in [0.15, 0.2) is 59.8 Å². The van der Waals surface area contributed by atoms with Crippen LogP contribution in [0.5, 0.6) is 5.75 Å². The number of likely N-dealkylation sites (N-methyl/N-ethyl adjacent to an activating group) is 1. The molecule has 0 atom stereocenters. The van der Waals surface area contributed by atoms with Crippen molar-refractivity contribution in [2.75, 3.05) is 33.8 Å². The number of hydrogen-bond donors (Lipinski definition) is 1. The molecule has 2 heterocycles. The van der Waals surface area contributed by atoms with Gasteiger partial charge in [0.05, 0.1) is 24.4 Å². The van der Waals surface area contributed by atoms with Crippen LogP contribution in [0.1, 0.15) is 32.3 Å². The number of amides is 2. The quantitative estimate of drug-likeness (QED) is 0.561. The minimum atomic E-state index is -0.511. The SMILES string of the molecule is CC(C)COc1ccc(CN(C=O)/C=C2/C(C(=O)NC3CCN(C)CC3)=CC(F)=CN2C)cc1. The fourth-order valence-corrected chi connectivity index (χ4v) is 3.89. The average molecular weight is 471 g/mol. The van der Waals surface area contributed by atoms with E-state index < -0.39 is 5.83 Å². The van der Waals surface area contributed by atoms with E-state index in [-0.39, 0.29) is 17.5 Å². The normalized spacial score (nSPS) is 18.5. The summed E-state index contributed by atoms with van der Waals surface area (Å²) < 4.78 is 19.9. The van der Waals surface area contributed by atoms with Crippen molar-refractivity contribution >= 4 is 12.3 Å². The molecule has 1 aromatic carbocycles. The zero-order valence-corrected chi connectivity index (χ0v) is 20.5. The fraction of sp³-hybridized carbons (Fsp3) is 0.462. The van der Waals surface area contributed by atoms with Gasteiger partial charge in [-0.1, -0.05) is 26.0 Å². The molecule has 0 saturated carbocycles. The smallest absolute Gasteiger partial charge is 0.253 e. The van der Waals surface area contributed by atoms with Gasteiger partial charge in [-0.2, -0.15) is 0 Å². The molecule has 2 amide bonds. The highest BCUT2D eigenvalue weighted by molar-refractivity contribution is 5.98. The Hall–Kier alpha value is -3.13. The van der Waals surface area contributed by atoms with E-state index in [9.17, 15) is 14.0 Å². The maximum atomic E-state index is 14.2. The minimum Gasteiger partial charge on any atom is -0.493 e. The lowest BCUT2D eigenvalue weighted by atomic mass is 10.0. The number of ether oxygens (including phenoxy) is 1. The van der Waals surface area contributed by atoms with Crippen LogP contribution in [0.3, 0.4) is 0 Å². The van der Waals surface area contributed by atoms with E-state index in [2.05, 4.69) is 31.1 Å². The molecule has 1 fully saturated rings. The third kappa shape index (κ3) is 7.18. The zero-order chi connectivity index (χ0) is 24.7. The number of hydrogen-bond acceptors (Lipinski definition) is 5. The summed E-state index contributed by atoms with van der Waals surface area (Å²) in [6.45, 7) is 6.92. The lowest BCUT2D eigenvalue weighted by Gasteiger charge is -2.31. The average Bonchev–Trinajstić information content (AvgIpc) is 2.80. The lowest BCUT2D eigenvalue weighted by Crippen LogP contribution is -2.44. The molecule has 2 aliphatic rings. The van der Waals surface area contributed by atoms with Gasteiger partial charge in [-0.15, -0.1) is 0 Å². The zero-order valence-electron chi connectivity index (χ0n) is 20.5.